The Kier molecular flexibility index (Phi) is 4.80. The zero-order valence-corrected chi connectivity index (χ0v) is 14.1. The molecule has 1 fully saturated rings. The highest BCUT2D eigenvalue weighted by Gasteiger charge is 2.28. The number of nitro groups is 1. The van der Waals surface area contributed by atoms with Gasteiger partial charge in [-0.1, -0.05) is 17.7 Å². The first-order valence-electron chi connectivity index (χ1n) is 7.84. The van der Waals surface area contributed by atoms with E-state index in [1.807, 2.05) is 24.0 Å². The van der Waals surface area contributed by atoms with Gasteiger partial charge in [0.1, 0.15) is 6.33 Å². The van der Waals surface area contributed by atoms with Gasteiger partial charge in [0.25, 0.3) is 0 Å². The molecule has 0 radical (unpaired) electrons. The zero-order chi connectivity index (χ0) is 17.1. The second-order valence-corrected chi connectivity index (χ2v) is 6.20. The van der Waals surface area contributed by atoms with E-state index >= 15 is 0 Å². The van der Waals surface area contributed by atoms with Crippen LogP contribution in [-0.2, 0) is 0 Å². The van der Waals surface area contributed by atoms with Gasteiger partial charge in [-0.2, -0.15) is 0 Å². The Bertz CT molecular complexity index is 762. The first kappa shape index (κ1) is 16.4. The molecular weight excluding hydrogens is 330 g/mol. The molecule has 3 rings (SSSR count). The topological polar surface area (TPSA) is 84.2 Å². The van der Waals surface area contributed by atoms with Gasteiger partial charge >= 0.3 is 5.69 Å². The molecule has 1 saturated heterocycles. The molecule has 1 aliphatic heterocycles. The number of aryl methyl sites for hydroxylation is 1. The average molecular weight is 348 g/mol. The lowest BCUT2D eigenvalue weighted by Gasteiger charge is -2.27. The number of hydrogen-bond donors (Lipinski definition) is 1. The molecule has 0 unspecified atom stereocenters. The van der Waals surface area contributed by atoms with E-state index in [2.05, 4.69) is 15.3 Å². The Morgan fingerprint density at radius 2 is 2.00 bits per heavy atom. The Labute approximate surface area is 144 Å². The summed E-state index contributed by atoms with van der Waals surface area (Å²) in [6.07, 6.45) is 4.52. The predicted octanol–water partition coefficient (Wildman–Crippen LogP) is 4.08. The summed E-state index contributed by atoms with van der Waals surface area (Å²) in [6.45, 7) is 3.44. The zero-order valence-electron chi connectivity index (χ0n) is 13.3. The van der Waals surface area contributed by atoms with Crippen molar-refractivity contribution >= 4 is 34.6 Å². The summed E-state index contributed by atoms with van der Waals surface area (Å²) in [5, 5.41) is 15.2. The third kappa shape index (κ3) is 3.41. The lowest BCUT2D eigenvalue weighted by atomic mass is 10.1. The largest absolute Gasteiger partial charge is 0.353 e. The number of nitrogens with one attached hydrogen (secondary N) is 1. The van der Waals surface area contributed by atoms with Gasteiger partial charge < -0.3 is 10.2 Å². The minimum atomic E-state index is -0.429. The summed E-state index contributed by atoms with van der Waals surface area (Å²) in [6, 6.07) is 5.39. The van der Waals surface area contributed by atoms with Crippen LogP contribution >= 0.6 is 11.6 Å². The van der Waals surface area contributed by atoms with Crippen LogP contribution in [0.4, 0.5) is 23.0 Å². The molecule has 0 bridgehead atoms. The SMILES string of the molecule is Cc1ccc(Nc2ncnc(N3CCCCC3)c2[N+](=O)[O-])cc1Cl. The second-order valence-electron chi connectivity index (χ2n) is 5.79. The molecule has 0 saturated carbocycles. The molecule has 0 amide bonds. The van der Waals surface area contributed by atoms with Crippen molar-refractivity contribution in [3.8, 4) is 0 Å². The molecular formula is C16H18ClN5O2. The van der Waals surface area contributed by atoms with Gasteiger partial charge in [0.05, 0.1) is 4.92 Å². The number of anilines is 3. The quantitative estimate of drug-likeness (QED) is 0.662. The van der Waals surface area contributed by atoms with Crippen LogP contribution in [-0.4, -0.2) is 28.0 Å². The maximum absolute atomic E-state index is 11.6. The molecule has 2 aromatic rings. The van der Waals surface area contributed by atoms with Gasteiger partial charge in [-0.15, -0.1) is 0 Å². The second kappa shape index (κ2) is 7.00. The normalized spacial score (nSPS) is 14.5. The maximum Gasteiger partial charge on any atom is 0.353 e. The lowest BCUT2D eigenvalue weighted by molar-refractivity contribution is -0.383. The first-order chi connectivity index (χ1) is 11.6. The smallest absolute Gasteiger partial charge is 0.351 e. The Balaban J connectivity index is 1.97. The predicted molar refractivity (Wildman–Crippen MR) is 94.2 cm³/mol. The molecule has 0 spiro atoms. The lowest BCUT2D eigenvalue weighted by Crippen LogP contribution is -2.31. The molecule has 1 aromatic heterocycles. The number of aromatic nitrogens is 2. The van der Waals surface area contributed by atoms with E-state index in [0.717, 1.165) is 37.9 Å². The van der Waals surface area contributed by atoms with E-state index in [-0.39, 0.29) is 11.5 Å². The average Bonchev–Trinajstić information content (AvgIpc) is 2.58. The van der Waals surface area contributed by atoms with E-state index in [1.165, 1.54) is 6.33 Å². The highest BCUT2D eigenvalue weighted by molar-refractivity contribution is 6.31. The maximum atomic E-state index is 11.6. The van der Waals surface area contributed by atoms with Crippen molar-refractivity contribution in [2.75, 3.05) is 23.3 Å². The van der Waals surface area contributed by atoms with Gasteiger partial charge in [0.2, 0.25) is 11.6 Å². The van der Waals surface area contributed by atoms with E-state index < -0.39 is 4.92 Å². The third-order valence-electron chi connectivity index (χ3n) is 4.08. The van der Waals surface area contributed by atoms with E-state index in [4.69, 9.17) is 11.6 Å². The van der Waals surface area contributed by atoms with E-state index in [9.17, 15) is 10.1 Å². The van der Waals surface area contributed by atoms with Gasteiger partial charge in [-0.3, -0.25) is 10.1 Å². The third-order valence-corrected chi connectivity index (χ3v) is 4.48. The summed E-state index contributed by atoms with van der Waals surface area (Å²) in [7, 11) is 0. The fourth-order valence-electron chi connectivity index (χ4n) is 2.77. The van der Waals surface area contributed by atoms with Gasteiger partial charge in [-0.25, -0.2) is 9.97 Å². The number of piperidine rings is 1. The van der Waals surface area contributed by atoms with Crippen LogP contribution in [0.25, 0.3) is 0 Å². The van der Waals surface area contributed by atoms with Crippen molar-refractivity contribution in [3.63, 3.8) is 0 Å². The Morgan fingerprint density at radius 1 is 1.25 bits per heavy atom. The summed E-state index contributed by atoms with van der Waals surface area (Å²) >= 11 is 6.12. The van der Waals surface area contributed by atoms with Crippen molar-refractivity contribution in [3.05, 3.63) is 45.2 Å². The van der Waals surface area contributed by atoms with Gasteiger partial charge in [0, 0.05) is 23.8 Å². The Hall–Kier alpha value is -2.41. The number of hydrogen-bond acceptors (Lipinski definition) is 6. The molecule has 8 heteroatoms. The molecule has 1 aromatic carbocycles. The summed E-state index contributed by atoms with van der Waals surface area (Å²) in [4.78, 5) is 21.4. The van der Waals surface area contributed by atoms with Gasteiger partial charge in [0.15, 0.2) is 0 Å². The molecule has 1 aliphatic rings. The molecule has 1 N–H and O–H groups in total. The van der Waals surface area contributed by atoms with Crippen LogP contribution in [0.1, 0.15) is 24.8 Å². The minimum absolute atomic E-state index is 0.101. The fraction of sp³-hybridized carbons (Fsp3) is 0.375. The van der Waals surface area contributed by atoms with Crippen molar-refractivity contribution in [2.45, 2.75) is 26.2 Å². The van der Waals surface area contributed by atoms with Crippen LogP contribution in [0.15, 0.2) is 24.5 Å². The first-order valence-corrected chi connectivity index (χ1v) is 8.21. The molecule has 7 nitrogen and oxygen atoms in total. The highest BCUT2D eigenvalue weighted by atomic mass is 35.5. The van der Waals surface area contributed by atoms with Crippen LogP contribution in [0.5, 0.6) is 0 Å². The molecule has 0 aliphatic carbocycles. The summed E-state index contributed by atoms with van der Waals surface area (Å²) < 4.78 is 0. The standard InChI is InChI=1S/C16H18ClN5O2/c1-11-5-6-12(9-13(11)17)20-15-14(22(23)24)16(19-10-18-15)21-7-3-2-4-8-21/h5-6,9-10H,2-4,7-8H2,1H3,(H,18,19,20). The number of nitrogens with zero attached hydrogens (tertiary/aromatic N) is 4. The van der Waals surface area contributed by atoms with Crippen LogP contribution in [0, 0.1) is 17.0 Å². The van der Waals surface area contributed by atoms with Crippen molar-refractivity contribution in [1.82, 2.24) is 9.97 Å². The summed E-state index contributed by atoms with van der Waals surface area (Å²) in [5.74, 6) is 0.547. The number of halogens is 1. The molecule has 24 heavy (non-hydrogen) atoms. The van der Waals surface area contributed by atoms with Crippen molar-refractivity contribution < 1.29 is 4.92 Å². The van der Waals surface area contributed by atoms with Gasteiger partial charge in [-0.05, 0) is 43.9 Å². The van der Waals surface area contributed by atoms with E-state index in [1.54, 1.807) is 6.07 Å². The number of benzene rings is 1. The summed E-state index contributed by atoms with van der Waals surface area (Å²) in [5.41, 5.74) is 1.49. The minimum Gasteiger partial charge on any atom is -0.351 e. The monoisotopic (exact) mass is 347 g/mol. The van der Waals surface area contributed by atoms with E-state index in [0.29, 0.717) is 16.5 Å². The van der Waals surface area contributed by atoms with Crippen LogP contribution < -0.4 is 10.2 Å². The highest BCUT2D eigenvalue weighted by Crippen LogP contribution is 2.35. The van der Waals surface area contributed by atoms with Crippen LogP contribution in [0.2, 0.25) is 5.02 Å². The Morgan fingerprint density at radius 3 is 2.67 bits per heavy atom. The van der Waals surface area contributed by atoms with Crippen molar-refractivity contribution in [1.29, 1.82) is 0 Å². The molecule has 2 heterocycles. The van der Waals surface area contributed by atoms with Crippen molar-refractivity contribution in [2.24, 2.45) is 0 Å². The molecule has 126 valence electrons. The molecule has 0 atom stereocenters. The van der Waals surface area contributed by atoms with Crippen LogP contribution in [0.3, 0.4) is 0 Å². The fourth-order valence-corrected chi connectivity index (χ4v) is 2.95. The number of rotatable bonds is 4.